The maximum absolute atomic E-state index is 13.1. The van der Waals surface area contributed by atoms with E-state index < -0.39 is 0 Å². The second kappa shape index (κ2) is 7.48. The van der Waals surface area contributed by atoms with Gasteiger partial charge < -0.3 is 9.64 Å². The summed E-state index contributed by atoms with van der Waals surface area (Å²) in [5.74, 6) is -0.421. The summed E-state index contributed by atoms with van der Waals surface area (Å²) in [4.78, 5) is 13.6. The second-order valence-electron chi connectivity index (χ2n) is 3.99. The Hall–Kier alpha value is -0.940. The predicted octanol–water partition coefficient (Wildman–Crippen LogP) is 2.62. The van der Waals surface area contributed by atoms with Gasteiger partial charge in [-0.25, -0.2) is 4.39 Å². The number of aryl methyl sites for hydroxylation is 1. The van der Waals surface area contributed by atoms with Crippen molar-refractivity contribution in [1.82, 2.24) is 4.90 Å². The van der Waals surface area contributed by atoms with Crippen LogP contribution in [0, 0.1) is 12.7 Å². The normalized spacial score (nSPS) is 10.4. The molecule has 3 nitrogen and oxygen atoms in total. The highest BCUT2D eigenvalue weighted by molar-refractivity contribution is 9.09. The van der Waals surface area contributed by atoms with E-state index in [2.05, 4.69) is 15.9 Å². The molecule has 1 aromatic carbocycles. The van der Waals surface area contributed by atoms with Gasteiger partial charge in [0.15, 0.2) is 0 Å². The number of benzene rings is 1. The molecule has 0 radical (unpaired) electrons. The van der Waals surface area contributed by atoms with Crippen LogP contribution in [0.15, 0.2) is 18.2 Å². The first-order valence-electron chi connectivity index (χ1n) is 5.71. The molecule has 0 unspecified atom stereocenters. The molecule has 5 heteroatoms. The van der Waals surface area contributed by atoms with Crippen LogP contribution in [-0.2, 0) is 4.74 Å². The van der Waals surface area contributed by atoms with E-state index >= 15 is 0 Å². The van der Waals surface area contributed by atoms with Gasteiger partial charge in [0, 0.05) is 24.5 Å². The number of nitrogens with zero attached hydrogens (tertiary/aromatic N) is 1. The van der Waals surface area contributed by atoms with E-state index in [1.165, 1.54) is 12.1 Å². The van der Waals surface area contributed by atoms with Crippen molar-refractivity contribution in [3.8, 4) is 0 Å². The second-order valence-corrected chi connectivity index (χ2v) is 4.79. The van der Waals surface area contributed by atoms with Crippen LogP contribution in [0.2, 0.25) is 0 Å². The number of alkyl halides is 1. The highest BCUT2D eigenvalue weighted by atomic mass is 79.9. The van der Waals surface area contributed by atoms with Gasteiger partial charge in [-0.3, -0.25) is 4.79 Å². The standard InChI is InChI=1S/C13H17BrFNO2/c1-10-9-11(3-4-12(10)15)13(17)16(2)6-8-18-7-5-14/h3-4,9H,5-8H2,1-2H3. The van der Waals surface area contributed by atoms with E-state index in [9.17, 15) is 9.18 Å². The van der Waals surface area contributed by atoms with Crippen molar-refractivity contribution in [1.29, 1.82) is 0 Å². The lowest BCUT2D eigenvalue weighted by atomic mass is 10.1. The van der Waals surface area contributed by atoms with Gasteiger partial charge in [-0.2, -0.15) is 0 Å². The van der Waals surface area contributed by atoms with Crippen LogP contribution in [0.1, 0.15) is 15.9 Å². The summed E-state index contributed by atoms with van der Waals surface area (Å²) >= 11 is 3.26. The van der Waals surface area contributed by atoms with Crippen LogP contribution in [0.4, 0.5) is 4.39 Å². The zero-order valence-electron chi connectivity index (χ0n) is 10.6. The van der Waals surface area contributed by atoms with Crippen LogP contribution in [-0.4, -0.2) is 42.9 Å². The molecule has 0 heterocycles. The molecule has 1 aromatic rings. The first-order chi connectivity index (χ1) is 8.56. The Morgan fingerprint density at radius 2 is 2.17 bits per heavy atom. The Morgan fingerprint density at radius 3 is 2.78 bits per heavy atom. The number of carbonyl (C=O) groups is 1. The minimum Gasteiger partial charge on any atom is -0.379 e. The van der Waals surface area contributed by atoms with Gasteiger partial charge >= 0.3 is 0 Å². The Morgan fingerprint density at radius 1 is 1.44 bits per heavy atom. The lowest BCUT2D eigenvalue weighted by Crippen LogP contribution is -2.30. The van der Waals surface area contributed by atoms with Crippen molar-refractivity contribution in [2.24, 2.45) is 0 Å². The summed E-state index contributed by atoms with van der Waals surface area (Å²) in [5, 5.41) is 0.780. The average molecular weight is 318 g/mol. The molecule has 0 aliphatic heterocycles. The van der Waals surface area contributed by atoms with Crippen molar-refractivity contribution >= 4 is 21.8 Å². The number of amides is 1. The third kappa shape index (κ3) is 4.38. The molecular formula is C13H17BrFNO2. The van der Waals surface area contributed by atoms with Gasteiger partial charge in [-0.1, -0.05) is 15.9 Å². The third-order valence-electron chi connectivity index (χ3n) is 2.54. The molecule has 0 aliphatic rings. The molecule has 0 spiro atoms. The number of ether oxygens (including phenoxy) is 1. The Labute approximate surface area is 115 Å². The first-order valence-corrected chi connectivity index (χ1v) is 6.83. The first kappa shape index (κ1) is 15.1. The minimum atomic E-state index is -0.296. The van der Waals surface area contributed by atoms with Gasteiger partial charge in [0.1, 0.15) is 5.82 Å². The van der Waals surface area contributed by atoms with E-state index in [4.69, 9.17) is 4.74 Å². The fourth-order valence-corrected chi connectivity index (χ4v) is 1.69. The topological polar surface area (TPSA) is 29.5 Å². The van der Waals surface area contributed by atoms with Crippen LogP contribution in [0.25, 0.3) is 0 Å². The van der Waals surface area contributed by atoms with Crippen molar-refractivity contribution in [2.45, 2.75) is 6.92 Å². The van der Waals surface area contributed by atoms with Crippen LogP contribution >= 0.6 is 15.9 Å². The van der Waals surface area contributed by atoms with Crippen molar-refractivity contribution in [3.63, 3.8) is 0 Å². The van der Waals surface area contributed by atoms with Crippen molar-refractivity contribution in [2.75, 3.05) is 32.1 Å². The van der Waals surface area contributed by atoms with E-state index in [-0.39, 0.29) is 11.7 Å². The van der Waals surface area contributed by atoms with E-state index in [1.54, 1.807) is 24.9 Å². The molecular weight excluding hydrogens is 301 g/mol. The zero-order valence-corrected chi connectivity index (χ0v) is 12.2. The summed E-state index contributed by atoms with van der Waals surface area (Å²) in [7, 11) is 1.71. The van der Waals surface area contributed by atoms with Gasteiger partial charge in [0.25, 0.3) is 5.91 Å². The molecule has 0 fully saturated rings. The lowest BCUT2D eigenvalue weighted by molar-refractivity contribution is 0.0713. The number of carbonyl (C=O) groups excluding carboxylic acids is 1. The van der Waals surface area contributed by atoms with E-state index in [0.29, 0.717) is 30.9 Å². The number of halogens is 2. The molecule has 0 bridgehead atoms. The molecule has 0 atom stereocenters. The molecule has 100 valence electrons. The number of hydrogen-bond donors (Lipinski definition) is 0. The molecule has 0 aliphatic carbocycles. The largest absolute Gasteiger partial charge is 0.379 e. The van der Waals surface area contributed by atoms with E-state index in [1.807, 2.05) is 0 Å². The molecule has 0 aromatic heterocycles. The van der Waals surface area contributed by atoms with Crippen molar-refractivity contribution in [3.05, 3.63) is 35.1 Å². The third-order valence-corrected chi connectivity index (χ3v) is 2.87. The molecule has 0 saturated carbocycles. The zero-order chi connectivity index (χ0) is 13.5. The van der Waals surface area contributed by atoms with Crippen LogP contribution in [0.3, 0.4) is 0 Å². The monoisotopic (exact) mass is 317 g/mol. The Kier molecular flexibility index (Phi) is 6.29. The summed E-state index contributed by atoms with van der Waals surface area (Å²) in [5.41, 5.74) is 0.974. The number of hydrogen-bond acceptors (Lipinski definition) is 2. The summed E-state index contributed by atoms with van der Waals surface area (Å²) in [6.45, 7) is 3.28. The quantitative estimate of drug-likeness (QED) is 0.596. The predicted molar refractivity (Wildman–Crippen MR) is 72.7 cm³/mol. The molecule has 0 saturated heterocycles. The fraction of sp³-hybridized carbons (Fsp3) is 0.462. The fourth-order valence-electron chi connectivity index (χ4n) is 1.46. The Bertz CT molecular complexity index is 412. The van der Waals surface area contributed by atoms with Crippen LogP contribution in [0.5, 0.6) is 0 Å². The maximum Gasteiger partial charge on any atom is 0.253 e. The molecule has 18 heavy (non-hydrogen) atoms. The summed E-state index contributed by atoms with van der Waals surface area (Å²) in [6.07, 6.45) is 0. The smallest absolute Gasteiger partial charge is 0.253 e. The summed E-state index contributed by atoms with van der Waals surface area (Å²) in [6, 6.07) is 4.38. The number of rotatable bonds is 6. The number of likely N-dealkylation sites (N-methyl/N-ethyl adjacent to an activating group) is 1. The van der Waals surface area contributed by atoms with Crippen LogP contribution < -0.4 is 0 Å². The lowest BCUT2D eigenvalue weighted by Gasteiger charge is -2.17. The molecule has 1 rings (SSSR count). The Balaban J connectivity index is 2.54. The van der Waals surface area contributed by atoms with Gasteiger partial charge in [0.2, 0.25) is 0 Å². The van der Waals surface area contributed by atoms with Gasteiger partial charge in [-0.15, -0.1) is 0 Å². The highest BCUT2D eigenvalue weighted by Gasteiger charge is 2.12. The summed E-state index contributed by atoms with van der Waals surface area (Å²) < 4.78 is 18.4. The molecule has 1 amide bonds. The van der Waals surface area contributed by atoms with Gasteiger partial charge in [-0.05, 0) is 30.7 Å². The SMILES string of the molecule is Cc1cc(C(=O)N(C)CCOCCBr)ccc1F. The van der Waals surface area contributed by atoms with Gasteiger partial charge in [0.05, 0.1) is 13.2 Å². The average Bonchev–Trinajstić information content (AvgIpc) is 2.37. The molecule has 0 N–H and O–H groups in total. The maximum atomic E-state index is 13.1. The highest BCUT2D eigenvalue weighted by Crippen LogP contribution is 2.10. The minimum absolute atomic E-state index is 0.124. The van der Waals surface area contributed by atoms with Crippen molar-refractivity contribution < 1.29 is 13.9 Å². The van der Waals surface area contributed by atoms with E-state index in [0.717, 1.165) is 5.33 Å².